The zero-order chi connectivity index (χ0) is 27.6. The van der Waals surface area contributed by atoms with Gasteiger partial charge in [0.25, 0.3) is 0 Å². The van der Waals surface area contributed by atoms with Crippen LogP contribution in [-0.4, -0.2) is 63.5 Å². The molecule has 39 heavy (non-hydrogen) atoms. The van der Waals surface area contributed by atoms with Crippen LogP contribution in [0.2, 0.25) is 5.02 Å². The summed E-state index contributed by atoms with van der Waals surface area (Å²) in [5.41, 5.74) is 10.3. The van der Waals surface area contributed by atoms with Crippen LogP contribution in [0.25, 0.3) is 16.7 Å². The summed E-state index contributed by atoms with van der Waals surface area (Å²) in [6.45, 7) is 5.69. The maximum absolute atomic E-state index is 12.9. The Morgan fingerprint density at radius 1 is 1.08 bits per heavy atom. The number of nitrogens with one attached hydrogen (secondary N) is 1. The molecule has 2 aliphatic heterocycles. The molecular weight excluding hydrogens is 538 g/mol. The molecule has 1 aliphatic carbocycles. The monoisotopic (exact) mass is 573 g/mol. The minimum Gasteiger partial charge on any atom is -0.449 e. The zero-order valence-electron chi connectivity index (χ0n) is 22.3. The molecule has 2 aromatic rings. The Hall–Kier alpha value is -2.59. The lowest BCUT2D eigenvalue weighted by Gasteiger charge is -2.32. The Labute approximate surface area is 235 Å². The second kappa shape index (κ2) is 11.5. The van der Waals surface area contributed by atoms with Crippen LogP contribution in [0.4, 0.5) is 5.69 Å². The van der Waals surface area contributed by atoms with Gasteiger partial charge in [-0.25, -0.2) is 13.2 Å². The Kier molecular flexibility index (Phi) is 8.24. The predicted molar refractivity (Wildman–Crippen MR) is 154 cm³/mol. The first-order chi connectivity index (χ1) is 18.7. The van der Waals surface area contributed by atoms with Crippen LogP contribution in [-0.2, 0) is 24.3 Å². The van der Waals surface area contributed by atoms with Crippen LogP contribution in [0.5, 0.6) is 0 Å². The van der Waals surface area contributed by atoms with Gasteiger partial charge in [-0.05, 0) is 86.5 Å². The maximum atomic E-state index is 12.9. The van der Waals surface area contributed by atoms with Crippen LogP contribution in [0, 0.1) is 6.92 Å². The summed E-state index contributed by atoms with van der Waals surface area (Å²) >= 11 is 6.75. The third-order valence-corrected chi connectivity index (χ3v) is 9.62. The lowest BCUT2D eigenvalue weighted by atomic mass is 9.81. The second-order valence-electron chi connectivity index (χ2n) is 10.7. The van der Waals surface area contributed by atoms with Crippen molar-refractivity contribution < 1.29 is 22.7 Å². The summed E-state index contributed by atoms with van der Waals surface area (Å²) in [6.07, 6.45) is 5.11. The van der Waals surface area contributed by atoms with Crippen molar-refractivity contribution in [3.8, 4) is 11.1 Å². The number of carbonyl (C=O) groups is 1. The van der Waals surface area contributed by atoms with Crippen LogP contribution in [0.15, 0.2) is 42.1 Å². The highest BCUT2D eigenvalue weighted by molar-refractivity contribution is 7.92. The van der Waals surface area contributed by atoms with Crippen molar-refractivity contribution in [1.82, 2.24) is 4.90 Å². The summed E-state index contributed by atoms with van der Waals surface area (Å²) < 4.78 is 39.4. The maximum Gasteiger partial charge on any atom is 0.341 e. The quantitative estimate of drug-likeness (QED) is 0.440. The Morgan fingerprint density at radius 3 is 2.56 bits per heavy atom. The van der Waals surface area contributed by atoms with E-state index in [-0.39, 0.29) is 5.75 Å². The van der Waals surface area contributed by atoms with Crippen molar-refractivity contribution in [3.63, 3.8) is 0 Å². The van der Waals surface area contributed by atoms with E-state index in [9.17, 15) is 13.2 Å². The van der Waals surface area contributed by atoms with Gasteiger partial charge in [-0.3, -0.25) is 9.62 Å². The van der Waals surface area contributed by atoms with Gasteiger partial charge in [-0.15, -0.1) is 0 Å². The SMILES string of the molecule is Cc1cc(-c2cccc(NS(=O)(=O)CCCN3CCOCC3)c2)c(Cl)cc1C1=C(N)C2(CCCCC2)OC1=O. The number of rotatable bonds is 8. The minimum absolute atomic E-state index is 0.0390. The molecule has 1 saturated carbocycles. The predicted octanol–water partition coefficient (Wildman–Crippen LogP) is 4.71. The van der Waals surface area contributed by atoms with Gasteiger partial charge < -0.3 is 15.2 Å². The van der Waals surface area contributed by atoms with Crippen LogP contribution < -0.4 is 10.5 Å². The van der Waals surface area contributed by atoms with Crippen molar-refractivity contribution >= 4 is 38.9 Å². The van der Waals surface area contributed by atoms with Crippen molar-refractivity contribution in [3.05, 3.63) is 58.2 Å². The molecule has 5 rings (SSSR count). The standard InChI is InChI=1S/C29H36ClN3O5S/c1-20-17-24(25(30)19-23(20)26-27(31)29(38-28(26)34)9-3-2-4-10-29)21-7-5-8-22(18-21)32-39(35,36)16-6-11-33-12-14-37-15-13-33/h5,7-8,17-19,32H,2-4,6,9-16,31H2,1H3. The highest BCUT2D eigenvalue weighted by Crippen LogP contribution is 2.45. The highest BCUT2D eigenvalue weighted by atomic mass is 35.5. The molecule has 10 heteroatoms. The molecule has 2 fully saturated rings. The average molecular weight is 574 g/mol. The lowest BCUT2D eigenvalue weighted by molar-refractivity contribution is -0.147. The van der Waals surface area contributed by atoms with Gasteiger partial charge in [0.05, 0.1) is 30.2 Å². The molecular formula is C29H36ClN3O5S. The molecule has 0 unspecified atom stereocenters. The number of sulfonamides is 1. The first-order valence-electron chi connectivity index (χ1n) is 13.6. The Morgan fingerprint density at radius 2 is 1.82 bits per heavy atom. The molecule has 0 aromatic heterocycles. The summed E-state index contributed by atoms with van der Waals surface area (Å²) in [7, 11) is -3.51. The lowest BCUT2D eigenvalue weighted by Crippen LogP contribution is -2.37. The Balaban J connectivity index is 1.33. The van der Waals surface area contributed by atoms with E-state index in [0.717, 1.165) is 68.4 Å². The number of hydrogen-bond acceptors (Lipinski definition) is 7. The van der Waals surface area contributed by atoms with E-state index < -0.39 is 21.6 Å². The van der Waals surface area contributed by atoms with Crippen molar-refractivity contribution in [2.45, 2.75) is 51.0 Å². The third kappa shape index (κ3) is 6.11. The summed E-state index contributed by atoms with van der Waals surface area (Å²) in [5.74, 6) is -0.358. The summed E-state index contributed by atoms with van der Waals surface area (Å²) in [4.78, 5) is 15.2. The first-order valence-corrected chi connectivity index (χ1v) is 15.7. The van der Waals surface area contributed by atoms with Gasteiger partial charge >= 0.3 is 5.97 Å². The number of morpholine rings is 1. The molecule has 3 aliphatic rings. The number of benzene rings is 2. The van der Waals surface area contributed by atoms with E-state index in [1.54, 1.807) is 24.3 Å². The van der Waals surface area contributed by atoms with Gasteiger partial charge in [-0.1, -0.05) is 30.2 Å². The van der Waals surface area contributed by atoms with E-state index in [1.807, 2.05) is 19.1 Å². The Bertz CT molecular complexity index is 1380. The molecule has 0 atom stereocenters. The number of halogens is 1. The zero-order valence-corrected chi connectivity index (χ0v) is 23.9. The van der Waals surface area contributed by atoms with Gasteiger partial charge in [0.15, 0.2) is 5.60 Å². The fourth-order valence-electron chi connectivity index (χ4n) is 5.83. The van der Waals surface area contributed by atoms with Gasteiger partial charge in [0, 0.05) is 29.4 Å². The van der Waals surface area contributed by atoms with Crippen molar-refractivity contribution in [2.75, 3.05) is 43.3 Å². The average Bonchev–Trinajstić information content (AvgIpc) is 3.14. The van der Waals surface area contributed by atoms with E-state index in [1.165, 1.54) is 0 Å². The molecule has 2 aromatic carbocycles. The molecule has 1 spiro atoms. The number of hydrogen-bond donors (Lipinski definition) is 2. The molecule has 0 amide bonds. The number of anilines is 1. The fraction of sp³-hybridized carbons (Fsp3) is 0.483. The van der Waals surface area contributed by atoms with Crippen LogP contribution >= 0.6 is 11.6 Å². The van der Waals surface area contributed by atoms with E-state index in [0.29, 0.717) is 47.2 Å². The van der Waals surface area contributed by atoms with Crippen molar-refractivity contribution in [1.29, 1.82) is 0 Å². The molecule has 1 saturated heterocycles. The van der Waals surface area contributed by atoms with E-state index >= 15 is 0 Å². The van der Waals surface area contributed by atoms with Gasteiger partial charge in [0.1, 0.15) is 0 Å². The topological polar surface area (TPSA) is 111 Å². The third-order valence-electron chi connectivity index (χ3n) is 7.94. The normalized spacial score (nSPS) is 19.9. The molecule has 8 nitrogen and oxygen atoms in total. The number of carbonyl (C=O) groups excluding carboxylic acids is 1. The number of nitrogens with zero attached hydrogens (tertiary/aromatic N) is 1. The summed E-state index contributed by atoms with van der Waals surface area (Å²) in [5, 5.41) is 0.443. The number of ether oxygens (including phenoxy) is 2. The fourth-order valence-corrected chi connectivity index (χ4v) is 7.20. The summed E-state index contributed by atoms with van der Waals surface area (Å²) in [6, 6.07) is 10.8. The smallest absolute Gasteiger partial charge is 0.341 e. The molecule has 2 heterocycles. The molecule has 3 N–H and O–H groups in total. The largest absolute Gasteiger partial charge is 0.449 e. The molecule has 0 bridgehead atoms. The van der Waals surface area contributed by atoms with Crippen LogP contribution in [0.1, 0.15) is 49.7 Å². The van der Waals surface area contributed by atoms with Gasteiger partial charge in [0.2, 0.25) is 10.0 Å². The number of nitrogens with two attached hydrogens (primary N) is 1. The second-order valence-corrected chi connectivity index (χ2v) is 12.9. The highest BCUT2D eigenvalue weighted by Gasteiger charge is 2.47. The van der Waals surface area contributed by atoms with E-state index in [4.69, 9.17) is 26.8 Å². The van der Waals surface area contributed by atoms with E-state index in [2.05, 4.69) is 9.62 Å². The van der Waals surface area contributed by atoms with Gasteiger partial charge in [-0.2, -0.15) is 0 Å². The molecule has 210 valence electrons. The van der Waals surface area contributed by atoms with Crippen molar-refractivity contribution in [2.24, 2.45) is 5.73 Å². The van der Waals surface area contributed by atoms with Crippen LogP contribution in [0.3, 0.4) is 0 Å². The number of esters is 1. The first kappa shape index (κ1) is 28.0. The minimum atomic E-state index is -3.51. The number of aryl methyl sites for hydroxylation is 1. The molecule has 0 radical (unpaired) electrons.